The van der Waals surface area contributed by atoms with Crippen LogP contribution in [0.2, 0.25) is 5.02 Å². The van der Waals surface area contributed by atoms with Crippen molar-refractivity contribution in [1.29, 1.82) is 0 Å². The Bertz CT molecular complexity index is 1090. The van der Waals surface area contributed by atoms with Gasteiger partial charge >= 0.3 is 6.03 Å². The van der Waals surface area contributed by atoms with Crippen LogP contribution in [0.15, 0.2) is 89.8 Å². The summed E-state index contributed by atoms with van der Waals surface area (Å²) in [5.74, 6) is 0. The summed E-state index contributed by atoms with van der Waals surface area (Å²) >= 11 is 5.87. The van der Waals surface area contributed by atoms with Crippen molar-refractivity contribution in [3.8, 4) is 0 Å². The molecule has 0 aromatic heterocycles. The molecule has 1 aliphatic rings. The molecule has 8 heteroatoms. The number of amides is 2. The second-order valence-electron chi connectivity index (χ2n) is 7.13. The Hall–Kier alpha value is -2.87. The molecule has 0 N–H and O–H groups in total. The van der Waals surface area contributed by atoms with Gasteiger partial charge in [-0.25, -0.2) is 13.2 Å². The van der Waals surface area contributed by atoms with Gasteiger partial charge in [-0.15, -0.1) is 0 Å². The van der Waals surface area contributed by atoms with Crippen molar-refractivity contribution in [3.05, 3.63) is 90.0 Å². The maximum atomic E-state index is 13.4. The monoisotopic (exact) mass is 455 g/mol. The number of urea groups is 1. The highest BCUT2D eigenvalue weighted by molar-refractivity contribution is 7.89. The first-order chi connectivity index (χ1) is 15.0. The SMILES string of the molecule is O=C(N1CCN(S(=O)(=O)c2ccc(Cl)cc2)CC1)N(c1ccccc1)c1ccccc1. The number of rotatable bonds is 4. The van der Waals surface area contributed by atoms with Crippen LogP contribution < -0.4 is 4.90 Å². The molecule has 0 spiro atoms. The fourth-order valence-electron chi connectivity index (χ4n) is 3.54. The zero-order valence-electron chi connectivity index (χ0n) is 16.8. The number of carbonyl (C=O) groups excluding carboxylic acids is 1. The number of nitrogens with zero attached hydrogens (tertiary/aromatic N) is 3. The Morgan fingerprint density at radius 3 is 1.71 bits per heavy atom. The number of hydrogen-bond acceptors (Lipinski definition) is 3. The number of hydrogen-bond donors (Lipinski definition) is 0. The zero-order valence-corrected chi connectivity index (χ0v) is 18.3. The number of benzene rings is 3. The van der Waals surface area contributed by atoms with E-state index < -0.39 is 10.0 Å². The molecule has 1 saturated heterocycles. The van der Waals surface area contributed by atoms with Crippen LogP contribution in [0.3, 0.4) is 0 Å². The third kappa shape index (κ3) is 4.58. The van der Waals surface area contributed by atoms with E-state index in [1.165, 1.54) is 16.4 Å². The van der Waals surface area contributed by atoms with Gasteiger partial charge in [-0.3, -0.25) is 4.90 Å². The molecule has 3 aromatic rings. The Morgan fingerprint density at radius 1 is 0.742 bits per heavy atom. The van der Waals surface area contributed by atoms with E-state index in [1.807, 2.05) is 60.7 Å². The van der Waals surface area contributed by atoms with Gasteiger partial charge in [0.1, 0.15) is 0 Å². The zero-order chi connectivity index (χ0) is 21.8. The lowest BCUT2D eigenvalue weighted by Crippen LogP contribution is -2.53. The van der Waals surface area contributed by atoms with Gasteiger partial charge in [-0.1, -0.05) is 48.0 Å². The van der Waals surface area contributed by atoms with E-state index in [1.54, 1.807) is 21.9 Å². The van der Waals surface area contributed by atoms with Crippen LogP contribution in [0.25, 0.3) is 0 Å². The summed E-state index contributed by atoms with van der Waals surface area (Å²) in [5, 5.41) is 0.483. The normalized spacial score (nSPS) is 14.9. The van der Waals surface area contributed by atoms with E-state index in [0.717, 1.165) is 11.4 Å². The minimum Gasteiger partial charge on any atom is -0.321 e. The lowest BCUT2D eigenvalue weighted by atomic mass is 10.2. The Labute approximate surface area is 187 Å². The molecule has 160 valence electrons. The maximum Gasteiger partial charge on any atom is 0.329 e. The van der Waals surface area contributed by atoms with Gasteiger partial charge in [0.25, 0.3) is 0 Å². The topological polar surface area (TPSA) is 60.9 Å². The molecular formula is C23H22ClN3O3S. The van der Waals surface area contributed by atoms with Crippen LogP contribution in [0.5, 0.6) is 0 Å². The average Bonchev–Trinajstić information content (AvgIpc) is 2.81. The minimum atomic E-state index is -3.63. The van der Waals surface area contributed by atoms with Crippen LogP contribution in [-0.4, -0.2) is 49.8 Å². The third-order valence-electron chi connectivity index (χ3n) is 5.18. The molecule has 0 saturated carbocycles. The molecule has 0 bridgehead atoms. The van der Waals surface area contributed by atoms with Crippen molar-refractivity contribution in [2.45, 2.75) is 4.90 Å². The summed E-state index contributed by atoms with van der Waals surface area (Å²) in [5.41, 5.74) is 1.52. The number of carbonyl (C=O) groups is 1. The largest absolute Gasteiger partial charge is 0.329 e. The van der Waals surface area contributed by atoms with Gasteiger partial charge < -0.3 is 4.90 Å². The molecule has 1 heterocycles. The quantitative estimate of drug-likeness (QED) is 0.577. The van der Waals surface area contributed by atoms with Crippen LogP contribution in [0.4, 0.5) is 16.2 Å². The third-order valence-corrected chi connectivity index (χ3v) is 7.35. The van der Waals surface area contributed by atoms with E-state index >= 15 is 0 Å². The second-order valence-corrected chi connectivity index (χ2v) is 9.51. The van der Waals surface area contributed by atoms with Crippen molar-refractivity contribution in [2.24, 2.45) is 0 Å². The first-order valence-electron chi connectivity index (χ1n) is 9.92. The minimum absolute atomic E-state index is 0.180. The van der Waals surface area contributed by atoms with Crippen molar-refractivity contribution in [1.82, 2.24) is 9.21 Å². The van der Waals surface area contributed by atoms with Crippen LogP contribution >= 0.6 is 11.6 Å². The highest BCUT2D eigenvalue weighted by atomic mass is 35.5. The summed E-state index contributed by atoms with van der Waals surface area (Å²) in [6, 6.07) is 24.8. The lowest BCUT2D eigenvalue weighted by Gasteiger charge is -2.37. The summed E-state index contributed by atoms with van der Waals surface area (Å²) < 4.78 is 27.3. The fourth-order valence-corrected chi connectivity index (χ4v) is 5.09. The summed E-state index contributed by atoms with van der Waals surface area (Å²) in [4.78, 5) is 17.0. The van der Waals surface area contributed by atoms with Gasteiger partial charge in [0.15, 0.2) is 0 Å². The van der Waals surface area contributed by atoms with Crippen LogP contribution in [-0.2, 0) is 10.0 Å². The molecule has 1 fully saturated rings. The molecule has 6 nitrogen and oxygen atoms in total. The molecule has 0 unspecified atom stereocenters. The Balaban J connectivity index is 1.52. The summed E-state index contributed by atoms with van der Waals surface area (Å²) in [6.45, 7) is 1.08. The predicted octanol–water partition coefficient (Wildman–Crippen LogP) is 4.60. The average molecular weight is 456 g/mol. The Morgan fingerprint density at radius 2 is 1.23 bits per heavy atom. The van der Waals surface area contributed by atoms with E-state index in [4.69, 9.17) is 11.6 Å². The van der Waals surface area contributed by atoms with Gasteiger partial charge in [0.2, 0.25) is 10.0 Å². The number of halogens is 1. The highest BCUT2D eigenvalue weighted by Crippen LogP contribution is 2.27. The summed E-state index contributed by atoms with van der Waals surface area (Å²) in [6.07, 6.45) is 0. The van der Waals surface area contributed by atoms with Gasteiger partial charge in [0, 0.05) is 31.2 Å². The van der Waals surface area contributed by atoms with Crippen molar-refractivity contribution in [3.63, 3.8) is 0 Å². The molecule has 31 heavy (non-hydrogen) atoms. The first kappa shape index (κ1) is 21.4. The highest BCUT2D eigenvalue weighted by Gasteiger charge is 2.32. The molecular weight excluding hydrogens is 434 g/mol. The smallest absolute Gasteiger partial charge is 0.321 e. The van der Waals surface area contributed by atoms with E-state index in [2.05, 4.69) is 0 Å². The maximum absolute atomic E-state index is 13.4. The molecule has 1 aliphatic heterocycles. The number of para-hydroxylation sites is 2. The lowest BCUT2D eigenvalue weighted by molar-refractivity contribution is 0.180. The van der Waals surface area contributed by atoms with Gasteiger partial charge in [-0.05, 0) is 48.5 Å². The second kappa shape index (κ2) is 9.09. The van der Waals surface area contributed by atoms with E-state index in [9.17, 15) is 13.2 Å². The molecule has 2 amide bonds. The fraction of sp³-hybridized carbons (Fsp3) is 0.174. The van der Waals surface area contributed by atoms with Crippen LogP contribution in [0, 0.1) is 0 Å². The van der Waals surface area contributed by atoms with Crippen LogP contribution in [0.1, 0.15) is 0 Å². The number of piperazine rings is 1. The summed E-state index contributed by atoms with van der Waals surface area (Å²) in [7, 11) is -3.63. The standard InChI is InChI=1S/C23H22ClN3O3S/c24-19-11-13-22(14-12-19)31(29,30)26-17-15-25(16-18-26)23(28)27(20-7-3-1-4-8-20)21-9-5-2-6-10-21/h1-14H,15-18H2. The number of sulfonamides is 1. The van der Waals surface area contributed by atoms with Gasteiger partial charge in [-0.2, -0.15) is 4.31 Å². The van der Waals surface area contributed by atoms with Crippen molar-refractivity contribution < 1.29 is 13.2 Å². The van der Waals surface area contributed by atoms with Crippen molar-refractivity contribution >= 4 is 39.0 Å². The molecule has 0 aliphatic carbocycles. The van der Waals surface area contributed by atoms with E-state index in [-0.39, 0.29) is 24.0 Å². The van der Waals surface area contributed by atoms with Crippen molar-refractivity contribution in [2.75, 3.05) is 31.1 Å². The first-order valence-corrected chi connectivity index (χ1v) is 11.7. The van der Waals surface area contributed by atoms with Gasteiger partial charge in [0.05, 0.1) is 16.3 Å². The molecule has 3 aromatic carbocycles. The Kier molecular flexibility index (Phi) is 6.27. The molecule has 4 rings (SSSR count). The predicted molar refractivity (Wildman–Crippen MR) is 122 cm³/mol. The molecule has 0 radical (unpaired) electrons. The van der Waals surface area contributed by atoms with E-state index in [0.29, 0.717) is 18.1 Å². The molecule has 0 atom stereocenters. The number of anilines is 2.